The third-order valence-corrected chi connectivity index (χ3v) is 5.03. The fraction of sp³-hybridized carbons (Fsp3) is 0.667. The second-order valence-corrected chi connectivity index (χ2v) is 6.39. The number of nitrogens with one attached hydrogen (secondary N) is 2. The molecule has 6 nitrogen and oxygen atoms in total. The molecule has 2 aliphatic rings. The fourth-order valence-electron chi connectivity index (χ4n) is 3.49. The molecule has 1 aromatic heterocycles. The lowest BCUT2D eigenvalue weighted by Crippen LogP contribution is -2.53. The summed E-state index contributed by atoms with van der Waals surface area (Å²) in [7, 11) is 0. The smallest absolute Gasteiger partial charge is 0.353 e. The lowest BCUT2D eigenvalue weighted by Gasteiger charge is -2.41. The van der Waals surface area contributed by atoms with Crippen LogP contribution in [-0.2, 0) is 10.3 Å². The molecule has 1 aromatic rings. The second-order valence-electron chi connectivity index (χ2n) is 6.39. The number of carbonyl (C=O) groups is 2. The van der Waals surface area contributed by atoms with Crippen molar-refractivity contribution in [2.75, 3.05) is 0 Å². The number of rotatable bonds is 4. The number of aromatic amines is 1. The highest BCUT2D eigenvalue weighted by atomic mass is 16.4. The normalized spacial score (nSPS) is 27.1. The van der Waals surface area contributed by atoms with Crippen LogP contribution in [0.3, 0.4) is 0 Å². The molecule has 0 saturated heterocycles. The minimum absolute atomic E-state index is 0.0692. The van der Waals surface area contributed by atoms with E-state index in [4.69, 9.17) is 5.11 Å². The second kappa shape index (κ2) is 5.16. The van der Waals surface area contributed by atoms with Gasteiger partial charge in [-0.15, -0.1) is 0 Å². The van der Waals surface area contributed by atoms with Gasteiger partial charge in [0.25, 0.3) is 0 Å². The molecule has 114 valence electrons. The topological polar surface area (TPSA) is 95.1 Å². The van der Waals surface area contributed by atoms with Gasteiger partial charge in [-0.3, -0.25) is 4.79 Å². The third kappa shape index (κ3) is 2.43. The van der Waals surface area contributed by atoms with Crippen LogP contribution in [0, 0.1) is 11.8 Å². The summed E-state index contributed by atoms with van der Waals surface area (Å²) in [5.41, 5.74) is -0.424. The van der Waals surface area contributed by atoms with Crippen LogP contribution in [0.5, 0.6) is 0 Å². The van der Waals surface area contributed by atoms with E-state index in [1.54, 1.807) is 0 Å². The Bertz CT molecular complexity index is 562. The van der Waals surface area contributed by atoms with Gasteiger partial charge in [-0.05, 0) is 38.0 Å². The van der Waals surface area contributed by atoms with Crippen molar-refractivity contribution in [3.05, 3.63) is 17.7 Å². The van der Waals surface area contributed by atoms with Gasteiger partial charge in [0.1, 0.15) is 11.5 Å². The lowest BCUT2D eigenvalue weighted by molar-refractivity contribution is -0.129. The molecule has 21 heavy (non-hydrogen) atoms. The maximum Gasteiger partial charge on any atom is 0.353 e. The molecule has 0 radical (unpaired) electrons. The molecule has 2 saturated carbocycles. The van der Waals surface area contributed by atoms with Gasteiger partial charge in [0.15, 0.2) is 0 Å². The average Bonchev–Trinajstić information content (AvgIpc) is 3.02. The van der Waals surface area contributed by atoms with Crippen molar-refractivity contribution >= 4 is 11.9 Å². The monoisotopic (exact) mass is 291 g/mol. The Balaban J connectivity index is 1.77. The summed E-state index contributed by atoms with van der Waals surface area (Å²) in [6.45, 7) is 2.13. The highest BCUT2D eigenvalue weighted by Crippen LogP contribution is 2.41. The Morgan fingerprint density at radius 2 is 2.14 bits per heavy atom. The molecule has 0 spiro atoms. The molecule has 1 amide bonds. The van der Waals surface area contributed by atoms with E-state index in [2.05, 4.69) is 22.2 Å². The Morgan fingerprint density at radius 3 is 2.62 bits per heavy atom. The molecular weight excluding hydrogens is 270 g/mol. The van der Waals surface area contributed by atoms with E-state index in [1.807, 2.05) is 0 Å². The van der Waals surface area contributed by atoms with Crippen LogP contribution in [0.4, 0.5) is 0 Å². The van der Waals surface area contributed by atoms with Crippen LogP contribution in [0.15, 0.2) is 6.20 Å². The number of aromatic carboxylic acids is 1. The van der Waals surface area contributed by atoms with Gasteiger partial charge in [0.2, 0.25) is 5.91 Å². The first-order chi connectivity index (χ1) is 10.0. The first-order valence-corrected chi connectivity index (χ1v) is 7.63. The largest absolute Gasteiger partial charge is 0.477 e. The van der Waals surface area contributed by atoms with E-state index in [1.165, 1.54) is 6.20 Å². The van der Waals surface area contributed by atoms with Gasteiger partial charge in [0, 0.05) is 5.92 Å². The van der Waals surface area contributed by atoms with Crippen molar-refractivity contribution in [1.29, 1.82) is 0 Å². The van der Waals surface area contributed by atoms with Crippen LogP contribution in [0.2, 0.25) is 0 Å². The molecular formula is C15H21N3O3. The summed E-state index contributed by atoms with van der Waals surface area (Å²) in [5, 5.41) is 12.1. The van der Waals surface area contributed by atoms with Gasteiger partial charge < -0.3 is 15.4 Å². The number of carboxylic acids is 1. The van der Waals surface area contributed by atoms with Crippen molar-refractivity contribution in [3.63, 3.8) is 0 Å². The van der Waals surface area contributed by atoms with Crippen molar-refractivity contribution in [2.45, 2.75) is 51.0 Å². The van der Waals surface area contributed by atoms with Crippen LogP contribution >= 0.6 is 0 Å². The molecule has 2 unspecified atom stereocenters. The molecule has 0 bridgehead atoms. The summed E-state index contributed by atoms with van der Waals surface area (Å²) in [6.07, 6.45) is 7.12. The zero-order valence-electron chi connectivity index (χ0n) is 12.2. The highest BCUT2D eigenvalue weighted by molar-refractivity contribution is 5.85. The lowest BCUT2D eigenvalue weighted by atomic mass is 9.75. The van der Waals surface area contributed by atoms with Gasteiger partial charge in [0.05, 0.1) is 11.7 Å². The SMILES string of the molecule is CC1CCCC1C(=O)NC1(c2ncc(C(=O)O)[nH]2)CCC1. The number of carbonyl (C=O) groups excluding carboxylic acids is 1. The Kier molecular flexibility index (Phi) is 3.47. The molecule has 2 aliphatic carbocycles. The van der Waals surface area contributed by atoms with E-state index in [-0.39, 0.29) is 17.5 Å². The van der Waals surface area contributed by atoms with Crippen molar-refractivity contribution in [1.82, 2.24) is 15.3 Å². The van der Waals surface area contributed by atoms with Crippen LogP contribution in [-0.4, -0.2) is 27.0 Å². The van der Waals surface area contributed by atoms with Crippen LogP contribution in [0.25, 0.3) is 0 Å². The number of hydrogen-bond acceptors (Lipinski definition) is 3. The maximum absolute atomic E-state index is 12.5. The predicted molar refractivity (Wildman–Crippen MR) is 75.7 cm³/mol. The molecule has 2 atom stereocenters. The van der Waals surface area contributed by atoms with Crippen molar-refractivity contribution in [3.8, 4) is 0 Å². The number of amides is 1. The van der Waals surface area contributed by atoms with Gasteiger partial charge in [-0.25, -0.2) is 9.78 Å². The predicted octanol–water partition coefficient (Wildman–Crippen LogP) is 2.04. The summed E-state index contributed by atoms with van der Waals surface area (Å²) in [4.78, 5) is 30.5. The first-order valence-electron chi connectivity index (χ1n) is 7.63. The summed E-state index contributed by atoms with van der Waals surface area (Å²) in [6, 6.07) is 0. The average molecular weight is 291 g/mol. The van der Waals surface area contributed by atoms with Gasteiger partial charge >= 0.3 is 5.97 Å². The van der Waals surface area contributed by atoms with E-state index in [0.717, 1.165) is 38.5 Å². The molecule has 0 aromatic carbocycles. The van der Waals surface area contributed by atoms with E-state index in [0.29, 0.717) is 11.7 Å². The van der Waals surface area contributed by atoms with Crippen molar-refractivity contribution in [2.24, 2.45) is 11.8 Å². The number of H-pyrrole nitrogens is 1. The summed E-state index contributed by atoms with van der Waals surface area (Å²) < 4.78 is 0. The minimum atomic E-state index is -1.03. The quantitative estimate of drug-likeness (QED) is 0.791. The van der Waals surface area contributed by atoms with E-state index in [9.17, 15) is 9.59 Å². The Hall–Kier alpha value is -1.85. The minimum Gasteiger partial charge on any atom is -0.477 e. The number of aromatic nitrogens is 2. The van der Waals surface area contributed by atoms with Gasteiger partial charge in [-0.1, -0.05) is 13.3 Å². The van der Waals surface area contributed by atoms with E-state index < -0.39 is 11.5 Å². The van der Waals surface area contributed by atoms with Crippen molar-refractivity contribution < 1.29 is 14.7 Å². The third-order valence-electron chi connectivity index (χ3n) is 5.03. The van der Waals surface area contributed by atoms with E-state index >= 15 is 0 Å². The zero-order chi connectivity index (χ0) is 15.0. The van der Waals surface area contributed by atoms with Crippen LogP contribution < -0.4 is 5.32 Å². The molecule has 6 heteroatoms. The number of nitrogens with zero attached hydrogens (tertiary/aromatic N) is 1. The number of imidazole rings is 1. The molecule has 2 fully saturated rings. The highest BCUT2D eigenvalue weighted by Gasteiger charge is 2.44. The zero-order valence-corrected chi connectivity index (χ0v) is 12.2. The molecule has 0 aliphatic heterocycles. The molecule has 1 heterocycles. The standard InChI is InChI=1S/C15H21N3O3/c1-9-4-2-5-10(9)12(19)18-15(6-3-7-15)14-16-8-11(17-14)13(20)21/h8-10H,2-7H2,1H3,(H,16,17)(H,18,19)(H,20,21). The summed E-state index contributed by atoms with van der Waals surface area (Å²) >= 11 is 0. The van der Waals surface area contributed by atoms with Gasteiger partial charge in [-0.2, -0.15) is 0 Å². The summed E-state index contributed by atoms with van der Waals surface area (Å²) in [5.74, 6) is 0.141. The number of hydrogen-bond donors (Lipinski definition) is 3. The molecule has 3 N–H and O–H groups in total. The number of carboxylic acid groups (broad SMARTS) is 1. The maximum atomic E-state index is 12.5. The Morgan fingerprint density at radius 1 is 1.38 bits per heavy atom. The molecule has 3 rings (SSSR count). The first kappa shape index (κ1) is 14.1. The Labute approximate surface area is 123 Å². The van der Waals surface area contributed by atoms with Crippen LogP contribution in [0.1, 0.15) is 61.8 Å². The fourth-order valence-corrected chi connectivity index (χ4v) is 3.49.